The molecule has 3 aromatic rings. The fraction of sp³-hybridized carbons (Fsp3) is 0.217. The lowest BCUT2D eigenvalue weighted by Crippen LogP contribution is -2.27. The highest BCUT2D eigenvalue weighted by atomic mass is 35.5. The van der Waals surface area contributed by atoms with Crippen LogP contribution in [0.4, 0.5) is 10.5 Å². The van der Waals surface area contributed by atoms with Gasteiger partial charge in [-0.1, -0.05) is 35.5 Å². The van der Waals surface area contributed by atoms with Gasteiger partial charge in [-0.2, -0.15) is 5.10 Å². The van der Waals surface area contributed by atoms with Crippen LogP contribution in [0.5, 0.6) is 0 Å². The van der Waals surface area contributed by atoms with Gasteiger partial charge in [0.25, 0.3) is 5.24 Å². The molecule has 164 valence electrons. The molecular weight excluding hydrogens is 448 g/mol. The van der Waals surface area contributed by atoms with Crippen molar-refractivity contribution in [2.75, 3.05) is 11.1 Å². The number of aromatic nitrogens is 2. The number of carbonyl (C=O) groups is 3. The van der Waals surface area contributed by atoms with Crippen molar-refractivity contribution in [1.29, 1.82) is 0 Å². The van der Waals surface area contributed by atoms with Crippen LogP contribution in [0.15, 0.2) is 48.5 Å². The lowest BCUT2D eigenvalue weighted by atomic mass is 10.1. The van der Waals surface area contributed by atoms with E-state index in [4.69, 9.17) is 11.6 Å². The van der Waals surface area contributed by atoms with Gasteiger partial charge in [-0.05, 0) is 55.8 Å². The van der Waals surface area contributed by atoms with Crippen molar-refractivity contribution in [3.63, 3.8) is 0 Å². The van der Waals surface area contributed by atoms with E-state index in [1.165, 1.54) is 4.90 Å². The molecule has 7 nitrogen and oxygen atoms in total. The fourth-order valence-electron chi connectivity index (χ4n) is 3.54. The molecule has 1 fully saturated rings. The van der Waals surface area contributed by atoms with Crippen molar-refractivity contribution >= 4 is 46.1 Å². The van der Waals surface area contributed by atoms with Crippen LogP contribution in [0, 0.1) is 13.8 Å². The third-order valence-corrected chi connectivity index (χ3v) is 6.38. The van der Waals surface area contributed by atoms with Gasteiger partial charge in [0.1, 0.15) is 0 Å². The molecule has 0 atom stereocenters. The molecule has 0 radical (unpaired) electrons. The molecule has 1 saturated heterocycles. The first-order chi connectivity index (χ1) is 15.3. The minimum Gasteiger partial charge on any atom is -0.326 e. The molecule has 1 N–H and O–H groups in total. The van der Waals surface area contributed by atoms with E-state index in [2.05, 4.69) is 10.4 Å². The van der Waals surface area contributed by atoms with E-state index in [-0.39, 0.29) is 35.8 Å². The average Bonchev–Trinajstić information content (AvgIpc) is 3.23. The fourth-order valence-corrected chi connectivity index (χ4v) is 4.39. The summed E-state index contributed by atoms with van der Waals surface area (Å²) in [6, 6.07) is 14.5. The Morgan fingerprint density at radius 1 is 1.09 bits per heavy atom. The zero-order chi connectivity index (χ0) is 22.8. The molecule has 2 aromatic carbocycles. The second-order valence-electron chi connectivity index (χ2n) is 7.49. The molecule has 0 bridgehead atoms. The Morgan fingerprint density at radius 2 is 1.78 bits per heavy atom. The number of hydrogen-bond acceptors (Lipinski definition) is 5. The zero-order valence-corrected chi connectivity index (χ0v) is 19.2. The van der Waals surface area contributed by atoms with Crippen molar-refractivity contribution in [1.82, 2.24) is 14.7 Å². The Hall–Kier alpha value is -3.10. The van der Waals surface area contributed by atoms with Crippen LogP contribution in [0.1, 0.15) is 22.5 Å². The molecule has 1 aromatic heterocycles. The minimum atomic E-state index is -0.225. The number of thioether (sulfide) groups is 1. The number of amides is 3. The van der Waals surface area contributed by atoms with E-state index in [1.807, 2.05) is 30.7 Å². The monoisotopic (exact) mass is 468 g/mol. The van der Waals surface area contributed by atoms with Gasteiger partial charge in [0.2, 0.25) is 11.8 Å². The van der Waals surface area contributed by atoms with Gasteiger partial charge in [-0.15, -0.1) is 0 Å². The highest BCUT2D eigenvalue weighted by Crippen LogP contribution is 2.23. The predicted molar refractivity (Wildman–Crippen MR) is 125 cm³/mol. The number of rotatable bonds is 6. The number of nitrogens with one attached hydrogen (secondary N) is 1. The summed E-state index contributed by atoms with van der Waals surface area (Å²) in [7, 11) is 0. The van der Waals surface area contributed by atoms with Gasteiger partial charge in [0, 0.05) is 22.0 Å². The maximum Gasteiger partial charge on any atom is 0.289 e. The van der Waals surface area contributed by atoms with Crippen LogP contribution in [0.25, 0.3) is 5.69 Å². The van der Waals surface area contributed by atoms with E-state index in [1.54, 1.807) is 36.4 Å². The predicted octanol–water partition coefficient (Wildman–Crippen LogP) is 4.52. The topological polar surface area (TPSA) is 84.3 Å². The van der Waals surface area contributed by atoms with Crippen molar-refractivity contribution in [2.24, 2.45) is 0 Å². The Labute approximate surface area is 194 Å². The molecule has 3 amide bonds. The minimum absolute atomic E-state index is 0.152. The van der Waals surface area contributed by atoms with Crippen molar-refractivity contribution < 1.29 is 14.4 Å². The van der Waals surface area contributed by atoms with Gasteiger partial charge >= 0.3 is 0 Å². The van der Waals surface area contributed by atoms with Crippen LogP contribution >= 0.6 is 23.4 Å². The third kappa shape index (κ3) is 4.71. The first-order valence-corrected chi connectivity index (χ1v) is 11.3. The summed E-state index contributed by atoms with van der Waals surface area (Å²) in [5, 5.41) is 7.90. The smallest absolute Gasteiger partial charge is 0.289 e. The zero-order valence-electron chi connectivity index (χ0n) is 17.6. The lowest BCUT2D eigenvalue weighted by Gasteiger charge is -2.13. The first kappa shape index (κ1) is 22.1. The molecule has 4 rings (SSSR count). The van der Waals surface area contributed by atoms with Gasteiger partial charge in [-0.25, -0.2) is 4.68 Å². The molecule has 1 aliphatic heterocycles. The standard InChI is InChI=1S/C23H21ClN4O3S/c1-14-20(15(2)28(26-14)19-9-5-17(24)6-10-19)11-21(29)25-18-7-3-16(4-8-18)12-27-22(30)13-32-23(27)31/h3-10H,11-13H2,1-2H3,(H,25,29). The van der Waals surface area contributed by atoms with E-state index < -0.39 is 0 Å². The number of hydrogen-bond donors (Lipinski definition) is 1. The average molecular weight is 469 g/mol. The van der Waals surface area contributed by atoms with Gasteiger partial charge < -0.3 is 5.32 Å². The number of imide groups is 1. The van der Waals surface area contributed by atoms with Crippen LogP contribution < -0.4 is 5.32 Å². The quantitative estimate of drug-likeness (QED) is 0.575. The summed E-state index contributed by atoms with van der Waals surface area (Å²) in [5.74, 6) is -0.136. The first-order valence-electron chi connectivity index (χ1n) is 9.99. The normalized spacial score (nSPS) is 13.7. The Morgan fingerprint density at radius 3 is 2.41 bits per heavy atom. The van der Waals surface area contributed by atoms with Gasteiger partial charge in [-0.3, -0.25) is 19.3 Å². The molecule has 0 saturated carbocycles. The van der Waals surface area contributed by atoms with Crippen LogP contribution in [-0.4, -0.2) is 37.5 Å². The molecule has 2 heterocycles. The van der Waals surface area contributed by atoms with Crippen LogP contribution in [-0.2, 0) is 22.6 Å². The van der Waals surface area contributed by atoms with Crippen LogP contribution in [0.3, 0.4) is 0 Å². The Bertz CT molecular complexity index is 1170. The summed E-state index contributed by atoms with van der Waals surface area (Å²) in [6.07, 6.45) is 0.195. The van der Waals surface area contributed by atoms with E-state index >= 15 is 0 Å². The van der Waals surface area contributed by atoms with Crippen molar-refractivity contribution in [2.45, 2.75) is 26.8 Å². The third-order valence-electron chi connectivity index (χ3n) is 5.27. The highest BCUT2D eigenvalue weighted by Gasteiger charge is 2.29. The molecule has 9 heteroatoms. The molecule has 0 aliphatic carbocycles. The number of benzene rings is 2. The number of aryl methyl sites for hydroxylation is 1. The summed E-state index contributed by atoms with van der Waals surface area (Å²) in [4.78, 5) is 37.4. The van der Waals surface area contributed by atoms with Gasteiger partial charge in [0.05, 0.1) is 30.1 Å². The molecular formula is C23H21ClN4O3S. The van der Waals surface area contributed by atoms with E-state index in [0.29, 0.717) is 10.7 Å². The number of carbonyl (C=O) groups excluding carboxylic acids is 3. The second kappa shape index (κ2) is 9.18. The van der Waals surface area contributed by atoms with Gasteiger partial charge in [0.15, 0.2) is 0 Å². The summed E-state index contributed by atoms with van der Waals surface area (Å²) >= 11 is 6.99. The number of nitrogens with zero attached hydrogens (tertiary/aromatic N) is 3. The van der Waals surface area contributed by atoms with Crippen molar-refractivity contribution in [3.05, 3.63) is 76.1 Å². The van der Waals surface area contributed by atoms with E-state index in [0.717, 1.165) is 40.0 Å². The summed E-state index contributed by atoms with van der Waals surface area (Å²) < 4.78 is 1.81. The number of anilines is 1. The summed E-state index contributed by atoms with van der Waals surface area (Å²) in [6.45, 7) is 4.06. The Kier molecular flexibility index (Phi) is 6.34. The molecule has 32 heavy (non-hydrogen) atoms. The molecule has 1 aliphatic rings. The number of halogens is 1. The largest absolute Gasteiger partial charge is 0.326 e. The highest BCUT2D eigenvalue weighted by molar-refractivity contribution is 8.14. The maximum absolute atomic E-state index is 12.7. The van der Waals surface area contributed by atoms with Crippen LogP contribution in [0.2, 0.25) is 5.02 Å². The molecule has 0 spiro atoms. The van der Waals surface area contributed by atoms with Crippen molar-refractivity contribution in [3.8, 4) is 5.69 Å². The maximum atomic E-state index is 12.7. The van der Waals surface area contributed by atoms with E-state index in [9.17, 15) is 14.4 Å². The lowest BCUT2D eigenvalue weighted by molar-refractivity contribution is -0.125. The summed E-state index contributed by atoms with van der Waals surface area (Å²) in [5.41, 5.74) is 4.91. The SMILES string of the molecule is Cc1nn(-c2ccc(Cl)cc2)c(C)c1CC(=O)Nc1ccc(CN2C(=O)CSC2=O)cc1. The second-order valence-corrected chi connectivity index (χ2v) is 8.86. The molecule has 0 unspecified atom stereocenters. The Balaban J connectivity index is 1.41.